The van der Waals surface area contributed by atoms with Crippen LogP contribution in [0.2, 0.25) is 0 Å². The van der Waals surface area contributed by atoms with Crippen LogP contribution in [0.3, 0.4) is 0 Å². The highest BCUT2D eigenvalue weighted by atomic mass is 32.2. The van der Waals surface area contributed by atoms with Crippen LogP contribution in [0.15, 0.2) is 18.2 Å². The number of anilines is 1. The monoisotopic (exact) mass is 255 g/mol. The lowest BCUT2D eigenvalue weighted by molar-refractivity contribution is 0.166. The summed E-state index contributed by atoms with van der Waals surface area (Å²) in [6, 6.07) is 5.51. The van der Waals surface area contributed by atoms with Gasteiger partial charge in [0.25, 0.3) is 0 Å². The van der Waals surface area contributed by atoms with Crippen molar-refractivity contribution in [2.24, 2.45) is 0 Å². The number of hydrogen-bond donors (Lipinski definition) is 1. The summed E-state index contributed by atoms with van der Waals surface area (Å²) in [5, 5.41) is 9.92. The number of aliphatic hydroxyl groups is 1. The molecule has 0 aromatic heterocycles. The molecular formula is C12H17NO3S. The molecule has 1 aromatic carbocycles. The molecule has 1 heterocycles. The standard InChI is InChI=1S/C12H17NO3S/c1-3-17(15,16)13-7-6-12(14)10-8-9(2)4-5-11(10)13/h4-5,8,12,14H,3,6-7H2,1-2H3. The van der Waals surface area contributed by atoms with Crippen LogP contribution < -0.4 is 4.31 Å². The van der Waals surface area contributed by atoms with E-state index in [1.807, 2.05) is 19.1 Å². The molecule has 0 saturated carbocycles. The summed E-state index contributed by atoms with van der Waals surface area (Å²) in [6.07, 6.45) is -0.108. The van der Waals surface area contributed by atoms with Gasteiger partial charge in [-0.25, -0.2) is 8.42 Å². The summed E-state index contributed by atoms with van der Waals surface area (Å²) >= 11 is 0. The van der Waals surface area contributed by atoms with Crippen molar-refractivity contribution < 1.29 is 13.5 Å². The molecular weight excluding hydrogens is 238 g/mol. The van der Waals surface area contributed by atoms with Gasteiger partial charge in [0.1, 0.15) is 0 Å². The molecule has 0 saturated heterocycles. The molecule has 0 aliphatic carbocycles. The zero-order chi connectivity index (χ0) is 12.6. The maximum absolute atomic E-state index is 12.0. The minimum Gasteiger partial charge on any atom is -0.388 e. The van der Waals surface area contributed by atoms with E-state index in [-0.39, 0.29) is 5.75 Å². The van der Waals surface area contributed by atoms with Crippen LogP contribution in [-0.4, -0.2) is 25.8 Å². The third kappa shape index (κ3) is 2.17. The van der Waals surface area contributed by atoms with Gasteiger partial charge in [0.2, 0.25) is 10.0 Å². The number of rotatable bonds is 2. The maximum Gasteiger partial charge on any atom is 0.234 e. The van der Waals surface area contributed by atoms with E-state index in [1.54, 1.807) is 13.0 Å². The largest absolute Gasteiger partial charge is 0.388 e. The topological polar surface area (TPSA) is 57.6 Å². The highest BCUT2D eigenvalue weighted by Gasteiger charge is 2.29. The Bertz CT molecular complexity index is 525. The van der Waals surface area contributed by atoms with Crippen molar-refractivity contribution in [3.8, 4) is 0 Å². The van der Waals surface area contributed by atoms with E-state index in [2.05, 4.69) is 0 Å². The van der Waals surface area contributed by atoms with Gasteiger partial charge in [-0.05, 0) is 26.3 Å². The summed E-state index contributed by atoms with van der Waals surface area (Å²) in [6.45, 7) is 3.92. The summed E-state index contributed by atoms with van der Waals surface area (Å²) in [4.78, 5) is 0. The van der Waals surface area contributed by atoms with Gasteiger partial charge in [-0.2, -0.15) is 0 Å². The van der Waals surface area contributed by atoms with Crippen molar-refractivity contribution in [2.45, 2.75) is 26.4 Å². The average Bonchev–Trinajstić information content (AvgIpc) is 2.30. The molecule has 0 fully saturated rings. The number of nitrogens with zero attached hydrogens (tertiary/aromatic N) is 1. The van der Waals surface area contributed by atoms with Crippen molar-refractivity contribution in [3.63, 3.8) is 0 Å². The molecule has 1 unspecified atom stereocenters. The molecule has 0 bridgehead atoms. The van der Waals surface area contributed by atoms with E-state index in [4.69, 9.17) is 0 Å². The van der Waals surface area contributed by atoms with Gasteiger partial charge in [0, 0.05) is 12.1 Å². The molecule has 17 heavy (non-hydrogen) atoms. The number of sulfonamides is 1. The van der Waals surface area contributed by atoms with E-state index in [1.165, 1.54) is 4.31 Å². The Morgan fingerprint density at radius 3 is 2.82 bits per heavy atom. The van der Waals surface area contributed by atoms with Crippen molar-refractivity contribution in [1.82, 2.24) is 0 Å². The molecule has 94 valence electrons. The van der Waals surface area contributed by atoms with Gasteiger partial charge in [0.05, 0.1) is 17.5 Å². The molecule has 0 amide bonds. The minimum absolute atomic E-state index is 0.0798. The maximum atomic E-state index is 12.0. The second-order valence-corrected chi connectivity index (χ2v) is 6.52. The Balaban J connectivity index is 2.54. The summed E-state index contributed by atoms with van der Waals surface area (Å²) < 4.78 is 25.3. The van der Waals surface area contributed by atoms with E-state index in [0.29, 0.717) is 24.2 Å². The fourth-order valence-electron chi connectivity index (χ4n) is 2.13. The van der Waals surface area contributed by atoms with Crippen LogP contribution in [-0.2, 0) is 10.0 Å². The lowest BCUT2D eigenvalue weighted by atomic mass is 9.99. The molecule has 0 spiro atoms. The second kappa shape index (κ2) is 4.31. The Hall–Kier alpha value is -1.07. The molecule has 5 heteroatoms. The first-order chi connectivity index (χ1) is 7.95. The van der Waals surface area contributed by atoms with Crippen LogP contribution in [0.1, 0.15) is 30.6 Å². The third-order valence-corrected chi connectivity index (χ3v) is 4.90. The van der Waals surface area contributed by atoms with Gasteiger partial charge in [0.15, 0.2) is 0 Å². The van der Waals surface area contributed by atoms with Crippen molar-refractivity contribution in [1.29, 1.82) is 0 Å². The predicted octanol–water partition coefficient (Wildman–Crippen LogP) is 1.59. The number of fused-ring (bicyclic) bond motifs is 1. The highest BCUT2D eigenvalue weighted by Crippen LogP contribution is 2.35. The third-order valence-electron chi connectivity index (χ3n) is 3.12. The van der Waals surface area contributed by atoms with Gasteiger partial charge in [-0.1, -0.05) is 17.7 Å². The summed E-state index contributed by atoms with van der Waals surface area (Å²) in [5.41, 5.74) is 2.36. The molecule has 4 nitrogen and oxygen atoms in total. The van der Waals surface area contributed by atoms with Gasteiger partial charge in [-0.15, -0.1) is 0 Å². The molecule has 1 atom stereocenters. The molecule has 1 N–H and O–H groups in total. The SMILES string of the molecule is CCS(=O)(=O)N1CCC(O)c2cc(C)ccc21. The normalized spacial score (nSPS) is 20.2. The van der Waals surface area contributed by atoms with Crippen LogP contribution in [0.5, 0.6) is 0 Å². The number of benzene rings is 1. The van der Waals surface area contributed by atoms with Crippen molar-refractivity contribution in [3.05, 3.63) is 29.3 Å². The molecule has 2 rings (SSSR count). The van der Waals surface area contributed by atoms with Gasteiger partial charge >= 0.3 is 0 Å². The summed E-state index contributed by atoms with van der Waals surface area (Å²) in [7, 11) is -3.25. The number of hydrogen-bond acceptors (Lipinski definition) is 3. The lowest BCUT2D eigenvalue weighted by Gasteiger charge is -2.32. The average molecular weight is 255 g/mol. The second-order valence-electron chi connectivity index (χ2n) is 4.34. The first-order valence-corrected chi connectivity index (χ1v) is 7.35. The van der Waals surface area contributed by atoms with E-state index < -0.39 is 16.1 Å². The smallest absolute Gasteiger partial charge is 0.234 e. The fraction of sp³-hybridized carbons (Fsp3) is 0.500. The minimum atomic E-state index is -3.25. The van der Waals surface area contributed by atoms with Crippen molar-refractivity contribution >= 4 is 15.7 Å². The quantitative estimate of drug-likeness (QED) is 0.873. The highest BCUT2D eigenvalue weighted by molar-refractivity contribution is 7.92. The first-order valence-electron chi connectivity index (χ1n) is 5.74. The van der Waals surface area contributed by atoms with E-state index in [9.17, 15) is 13.5 Å². The van der Waals surface area contributed by atoms with Crippen LogP contribution >= 0.6 is 0 Å². The van der Waals surface area contributed by atoms with Crippen LogP contribution in [0.4, 0.5) is 5.69 Å². The predicted molar refractivity (Wildman–Crippen MR) is 67.6 cm³/mol. The molecule has 0 radical (unpaired) electrons. The van der Waals surface area contributed by atoms with E-state index in [0.717, 1.165) is 5.56 Å². The zero-order valence-corrected chi connectivity index (χ0v) is 10.9. The van der Waals surface area contributed by atoms with E-state index >= 15 is 0 Å². The fourth-order valence-corrected chi connectivity index (χ4v) is 3.29. The zero-order valence-electron chi connectivity index (χ0n) is 10.0. The Morgan fingerprint density at radius 1 is 1.47 bits per heavy atom. The Labute approximate surface area is 102 Å². The first kappa shape index (κ1) is 12.4. The van der Waals surface area contributed by atoms with Crippen LogP contribution in [0.25, 0.3) is 0 Å². The number of aliphatic hydroxyl groups excluding tert-OH is 1. The van der Waals surface area contributed by atoms with Gasteiger partial charge in [-0.3, -0.25) is 4.31 Å². The molecule has 1 aromatic rings. The summed E-state index contributed by atoms with van der Waals surface area (Å²) in [5.74, 6) is 0.0798. The number of aryl methyl sites for hydroxylation is 1. The van der Waals surface area contributed by atoms with Gasteiger partial charge < -0.3 is 5.11 Å². The van der Waals surface area contributed by atoms with Crippen LogP contribution in [0, 0.1) is 6.92 Å². The Morgan fingerprint density at radius 2 is 2.18 bits per heavy atom. The molecule has 1 aliphatic heterocycles. The Kier molecular flexibility index (Phi) is 3.14. The lowest BCUT2D eigenvalue weighted by Crippen LogP contribution is -2.37. The van der Waals surface area contributed by atoms with Crippen molar-refractivity contribution in [2.75, 3.05) is 16.6 Å². The molecule has 1 aliphatic rings.